The molecule has 2 rings (SSSR count). The third-order valence-electron chi connectivity index (χ3n) is 2.35. The molecule has 0 saturated heterocycles. The molecule has 2 nitrogen and oxygen atoms in total. The molecule has 0 spiro atoms. The fourth-order valence-electron chi connectivity index (χ4n) is 1.53. The van der Waals surface area contributed by atoms with Gasteiger partial charge in [-0.15, -0.1) is 0 Å². The number of anilines is 2. The van der Waals surface area contributed by atoms with E-state index in [0.29, 0.717) is 15.6 Å². The molecule has 0 saturated carbocycles. The summed E-state index contributed by atoms with van der Waals surface area (Å²) in [5.41, 5.74) is 7.96. The topological polar surface area (TPSA) is 38.0 Å². The zero-order valence-electron chi connectivity index (χ0n) is 9.28. The van der Waals surface area contributed by atoms with Gasteiger partial charge >= 0.3 is 0 Å². The van der Waals surface area contributed by atoms with Crippen LogP contribution in [0.3, 0.4) is 0 Å². The number of halogens is 2. The molecule has 0 aliphatic rings. The van der Waals surface area contributed by atoms with Gasteiger partial charge in [0.05, 0.1) is 5.02 Å². The first-order valence-electron chi connectivity index (χ1n) is 5.18. The van der Waals surface area contributed by atoms with E-state index in [4.69, 9.17) is 41.2 Å². The van der Waals surface area contributed by atoms with E-state index in [9.17, 15) is 0 Å². The molecule has 0 amide bonds. The van der Waals surface area contributed by atoms with Crippen molar-refractivity contribution in [3.63, 3.8) is 0 Å². The fourth-order valence-corrected chi connectivity index (χ4v) is 2.23. The first-order chi connectivity index (χ1) is 8.56. The molecule has 3 N–H and O–H groups in total. The van der Waals surface area contributed by atoms with E-state index in [0.717, 1.165) is 11.4 Å². The van der Waals surface area contributed by atoms with Crippen LogP contribution in [0.1, 0.15) is 5.56 Å². The van der Waals surface area contributed by atoms with Crippen molar-refractivity contribution in [3.8, 4) is 0 Å². The van der Waals surface area contributed by atoms with Crippen molar-refractivity contribution in [1.29, 1.82) is 0 Å². The average Bonchev–Trinajstić information content (AvgIpc) is 2.28. The number of rotatable bonds is 3. The largest absolute Gasteiger partial charge is 0.389 e. The van der Waals surface area contributed by atoms with Gasteiger partial charge in [-0.2, -0.15) is 0 Å². The van der Waals surface area contributed by atoms with E-state index in [2.05, 4.69) is 5.32 Å². The maximum Gasteiger partial charge on any atom is 0.105 e. The van der Waals surface area contributed by atoms with E-state index < -0.39 is 0 Å². The lowest BCUT2D eigenvalue weighted by Gasteiger charge is -2.09. The van der Waals surface area contributed by atoms with Crippen LogP contribution in [0.2, 0.25) is 10.0 Å². The van der Waals surface area contributed by atoms with Crippen molar-refractivity contribution in [1.82, 2.24) is 0 Å². The van der Waals surface area contributed by atoms with Crippen LogP contribution in [0.25, 0.3) is 0 Å². The molecule has 0 unspecified atom stereocenters. The monoisotopic (exact) mass is 296 g/mol. The van der Waals surface area contributed by atoms with Gasteiger partial charge in [0.15, 0.2) is 0 Å². The van der Waals surface area contributed by atoms with Gasteiger partial charge in [0.25, 0.3) is 0 Å². The van der Waals surface area contributed by atoms with Crippen molar-refractivity contribution in [2.45, 2.75) is 0 Å². The second-order valence-corrected chi connectivity index (χ2v) is 4.98. The Morgan fingerprint density at radius 1 is 1.06 bits per heavy atom. The minimum absolute atomic E-state index is 0.286. The summed E-state index contributed by atoms with van der Waals surface area (Å²) in [5.74, 6) is 0. The smallest absolute Gasteiger partial charge is 0.105 e. The van der Waals surface area contributed by atoms with Gasteiger partial charge in [0.1, 0.15) is 4.99 Å². The quantitative estimate of drug-likeness (QED) is 0.826. The summed E-state index contributed by atoms with van der Waals surface area (Å²) in [5, 5.41) is 4.39. The maximum absolute atomic E-state index is 6.09. The standard InChI is InChI=1S/C13H10Cl2N2S/c14-8-2-1-3-9(6-8)17-10-4-5-11(13(16)18)12(15)7-10/h1-7,17H,(H2,16,18). The molecule has 18 heavy (non-hydrogen) atoms. The summed E-state index contributed by atoms with van der Waals surface area (Å²) < 4.78 is 0. The second-order valence-electron chi connectivity index (χ2n) is 3.69. The van der Waals surface area contributed by atoms with Crippen LogP contribution in [0.15, 0.2) is 42.5 Å². The van der Waals surface area contributed by atoms with E-state index in [1.165, 1.54) is 0 Å². The Morgan fingerprint density at radius 2 is 1.78 bits per heavy atom. The molecule has 0 heterocycles. The van der Waals surface area contributed by atoms with Crippen molar-refractivity contribution in [2.24, 2.45) is 5.73 Å². The summed E-state index contributed by atoms with van der Waals surface area (Å²) >= 11 is 16.9. The molecular weight excluding hydrogens is 287 g/mol. The van der Waals surface area contributed by atoms with Crippen molar-refractivity contribution >= 4 is 51.8 Å². The molecule has 0 atom stereocenters. The van der Waals surface area contributed by atoms with Crippen molar-refractivity contribution < 1.29 is 0 Å². The molecule has 0 bridgehead atoms. The van der Waals surface area contributed by atoms with E-state index in [1.807, 2.05) is 30.3 Å². The highest BCUT2D eigenvalue weighted by Crippen LogP contribution is 2.25. The molecule has 0 aliphatic heterocycles. The summed E-state index contributed by atoms with van der Waals surface area (Å²) in [6, 6.07) is 12.9. The zero-order chi connectivity index (χ0) is 13.1. The molecule has 92 valence electrons. The first kappa shape index (κ1) is 13.1. The maximum atomic E-state index is 6.09. The van der Waals surface area contributed by atoms with Crippen molar-refractivity contribution in [3.05, 3.63) is 58.1 Å². The van der Waals surface area contributed by atoms with Gasteiger partial charge in [-0.1, -0.05) is 41.5 Å². The second kappa shape index (κ2) is 5.57. The lowest BCUT2D eigenvalue weighted by Crippen LogP contribution is -2.09. The number of nitrogens with two attached hydrogens (primary N) is 1. The van der Waals surface area contributed by atoms with E-state index in [1.54, 1.807) is 12.1 Å². The zero-order valence-corrected chi connectivity index (χ0v) is 11.6. The Hall–Kier alpha value is -1.29. The normalized spacial score (nSPS) is 10.1. The molecule has 2 aromatic rings. The highest BCUT2D eigenvalue weighted by atomic mass is 35.5. The number of thiocarbonyl (C=S) groups is 1. The van der Waals surface area contributed by atoms with E-state index >= 15 is 0 Å². The van der Waals surface area contributed by atoms with Crippen molar-refractivity contribution in [2.75, 3.05) is 5.32 Å². The Bertz CT molecular complexity index is 599. The Balaban J connectivity index is 2.25. The van der Waals surface area contributed by atoms with Crippen LogP contribution in [0.5, 0.6) is 0 Å². The minimum Gasteiger partial charge on any atom is -0.389 e. The summed E-state index contributed by atoms with van der Waals surface area (Å²) in [7, 11) is 0. The predicted octanol–water partition coefficient (Wildman–Crippen LogP) is 4.37. The highest BCUT2D eigenvalue weighted by molar-refractivity contribution is 7.80. The minimum atomic E-state index is 0.286. The summed E-state index contributed by atoms with van der Waals surface area (Å²) in [6.07, 6.45) is 0. The third-order valence-corrected chi connectivity index (χ3v) is 3.12. The SMILES string of the molecule is NC(=S)c1ccc(Nc2cccc(Cl)c2)cc1Cl. The van der Waals surface area contributed by atoms with Gasteiger partial charge in [-0.25, -0.2) is 0 Å². The molecule has 0 radical (unpaired) electrons. The molecular formula is C13H10Cl2N2S. The van der Waals surface area contributed by atoms with Gasteiger partial charge in [0, 0.05) is 22.0 Å². The lowest BCUT2D eigenvalue weighted by molar-refractivity contribution is 1.53. The van der Waals surface area contributed by atoms with Crippen LogP contribution in [0.4, 0.5) is 11.4 Å². The molecule has 0 aromatic heterocycles. The lowest BCUT2D eigenvalue weighted by atomic mass is 10.2. The highest BCUT2D eigenvalue weighted by Gasteiger charge is 2.04. The number of hydrogen-bond acceptors (Lipinski definition) is 2. The first-order valence-corrected chi connectivity index (χ1v) is 6.34. The van der Waals surface area contributed by atoms with Crippen LogP contribution < -0.4 is 11.1 Å². The average molecular weight is 297 g/mol. The number of benzene rings is 2. The Labute approximate surface area is 121 Å². The number of nitrogens with one attached hydrogen (secondary N) is 1. The third kappa shape index (κ3) is 3.13. The van der Waals surface area contributed by atoms with E-state index in [-0.39, 0.29) is 4.99 Å². The predicted molar refractivity (Wildman–Crippen MR) is 82.1 cm³/mol. The molecule has 5 heteroatoms. The van der Waals surface area contributed by atoms with Crippen LogP contribution >= 0.6 is 35.4 Å². The molecule has 0 fully saturated rings. The Morgan fingerprint density at radius 3 is 2.39 bits per heavy atom. The van der Waals surface area contributed by atoms with Gasteiger partial charge in [-0.3, -0.25) is 0 Å². The summed E-state index contributed by atoms with van der Waals surface area (Å²) in [6.45, 7) is 0. The Kier molecular flexibility index (Phi) is 4.07. The molecule has 2 aromatic carbocycles. The van der Waals surface area contributed by atoms with Gasteiger partial charge in [0.2, 0.25) is 0 Å². The van der Waals surface area contributed by atoms with Crippen LogP contribution in [-0.2, 0) is 0 Å². The van der Waals surface area contributed by atoms with Gasteiger partial charge < -0.3 is 11.1 Å². The summed E-state index contributed by atoms with van der Waals surface area (Å²) in [4.78, 5) is 0.286. The number of hydrogen-bond donors (Lipinski definition) is 2. The molecule has 0 aliphatic carbocycles. The van der Waals surface area contributed by atoms with Crippen LogP contribution in [0, 0.1) is 0 Å². The fraction of sp³-hybridized carbons (Fsp3) is 0. The van der Waals surface area contributed by atoms with Gasteiger partial charge in [-0.05, 0) is 36.4 Å². The van der Waals surface area contributed by atoms with Crippen LogP contribution in [-0.4, -0.2) is 4.99 Å².